The Balaban J connectivity index is 0.000000201. The Kier molecular flexibility index (Phi) is 16.2. The van der Waals surface area contributed by atoms with E-state index >= 15 is 0 Å². The second-order valence-electron chi connectivity index (χ2n) is 14.9. The fraction of sp³-hybridized carbons (Fsp3) is 0.419. The van der Waals surface area contributed by atoms with E-state index in [0.717, 1.165) is 98.5 Å². The molecule has 3 aliphatic carbocycles. The number of aromatic nitrogens is 2. The minimum absolute atomic E-state index is 0.0229. The lowest BCUT2D eigenvalue weighted by atomic mass is 9.91. The number of hydrogen-bond donors (Lipinski definition) is 4. The molecule has 4 aromatic rings. The highest BCUT2D eigenvalue weighted by Crippen LogP contribution is 2.33. The highest BCUT2D eigenvalue weighted by Gasteiger charge is 2.29. The zero-order valence-corrected chi connectivity index (χ0v) is 35.4. The Bertz CT molecular complexity index is 2060. The first kappa shape index (κ1) is 44.1. The monoisotopic (exact) mass is 866 g/mol. The average Bonchev–Trinajstić information content (AvgIpc) is 4.07. The van der Waals surface area contributed by atoms with E-state index in [1.807, 2.05) is 48.9 Å². The van der Waals surface area contributed by atoms with Crippen molar-refractivity contribution in [2.75, 3.05) is 12.5 Å². The molecule has 4 N–H and O–H groups in total. The topological polar surface area (TPSA) is 144 Å². The van der Waals surface area contributed by atoms with Crippen LogP contribution in [0.3, 0.4) is 0 Å². The molecule has 0 bridgehead atoms. The third-order valence-electron chi connectivity index (χ3n) is 10.5. The molecule has 16 heteroatoms. The lowest BCUT2D eigenvalue weighted by Crippen LogP contribution is -2.44. The maximum atomic E-state index is 13.9. The standard InChI is InChI=1S/C24H28FN3O3S.C19H21ClFN3O2S/c1-32-20-4-2-3-19(13-20)31-24-21(12-16(25)14-26-24)23(30)28-18-9-7-17(8-10-18)27-22(29)11-15-5-6-15;1-27-16-4-2-3-15(10-16)26-19-17(9-12(21)11-22-19)18(25)23-13-5-7-14(24-20)8-6-13/h2-4,12-15,17-18H,5-11H2,1H3,(H,27,29)(H,28,30);2-4,9-11,13-14,24H,5-8H2,1H3,(H,23,25). The number of carbonyl (C=O) groups is 3. The Morgan fingerprint density at radius 1 is 0.644 bits per heavy atom. The van der Waals surface area contributed by atoms with Gasteiger partial charge in [0.15, 0.2) is 0 Å². The lowest BCUT2D eigenvalue weighted by Gasteiger charge is -2.29. The number of nitrogens with zero attached hydrogens (tertiary/aromatic N) is 2. The molecule has 0 aliphatic heterocycles. The van der Waals surface area contributed by atoms with Crippen LogP contribution in [-0.2, 0) is 4.79 Å². The van der Waals surface area contributed by atoms with Crippen LogP contribution in [0.25, 0.3) is 0 Å². The summed E-state index contributed by atoms with van der Waals surface area (Å²) in [5, 5.41) is 9.06. The van der Waals surface area contributed by atoms with Gasteiger partial charge in [0, 0.05) is 40.4 Å². The van der Waals surface area contributed by atoms with Gasteiger partial charge in [-0.05, 0) is 143 Å². The first-order valence-electron chi connectivity index (χ1n) is 19.8. The summed E-state index contributed by atoms with van der Waals surface area (Å²) in [4.78, 5) is 50.4. The smallest absolute Gasteiger partial charge is 0.257 e. The maximum absolute atomic E-state index is 13.9. The van der Waals surface area contributed by atoms with Crippen LogP contribution < -0.4 is 30.3 Å². The molecular weight excluding hydrogens is 818 g/mol. The molecule has 7 rings (SSSR count). The number of amides is 3. The number of ether oxygens (including phenoxy) is 2. The first-order valence-corrected chi connectivity index (χ1v) is 22.6. The normalized spacial score (nSPS) is 20.0. The number of thioether (sulfide) groups is 2. The second kappa shape index (κ2) is 21.7. The molecule has 59 heavy (non-hydrogen) atoms. The van der Waals surface area contributed by atoms with Gasteiger partial charge < -0.3 is 25.4 Å². The summed E-state index contributed by atoms with van der Waals surface area (Å²) in [6.07, 6.45) is 15.5. The minimum Gasteiger partial charge on any atom is -0.438 e. The van der Waals surface area contributed by atoms with Gasteiger partial charge in [0.2, 0.25) is 17.7 Å². The molecule has 0 atom stereocenters. The summed E-state index contributed by atoms with van der Waals surface area (Å²) in [7, 11) is 0. The molecular formula is C43H49ClF2N6O5S2. The molecule has 0 saturated heterocycles. The molecule has 2 aromatic heterocycles. The predicted molar refractivity (Wildman–Crippen MR) is 226 cm³/mol. The van der Waals surface area contributed by atoms with Gasteiger partial charge in [-0.3, -0.25) is 14.4 Å². The molecule has 0 spiro atoms. The molecule has 3 aliphatic rings. The first-order chi connectivity index (χ1) is 28.6. The van der Waals surface area contributed by atoms with Crippen molar-refractivity contribution in [2.45, 2.75) is 105 Å². The number of hydrogen-bond acceptors (Lipinski definition) is 10. The zero-order valence-electron chi connectivity index (χ0n) is 33.0. The van der Waals surface area contributed by atoms with Crippen LogP contribution in [0.1, 0.15) is 91.3 Å². The number of nitrogens with one attached hydrogen (secondary N) is 4. The van der Waals surface area contributed by atoms with Crippen LogP contribution in [0.5, 0.6) is 23.3 Å². The largest absolute Gasteiger partial charge is 0.438 e. The average molecular weight is 867 g/mol. The van der Waals surface area contributed by atoms with Crippen molar-refractivity contribution in [1.82, 2.24) is 30.8 Å². The summed E-state index contributed by atoms with van der Waals surface area (Å²) in [6, 6.07) is 17.6. The maximum Gasteiger partial charge on any atom is 0.257 e. The molecule has 3 amide bonds. The molecule has 314 valence electrons. The molecule has 3 fully saturated rings. The van der Waals surface area contributed by atoms with Gasteiger partial charge in [0.25, 0.3) is 11.8 Å². The quantitative estimate of drug-likeness (QED) is 0.0716. The van der Waals surface area contributed by atoms with E-state index in [0.29, 0.717) is 23.8 Å². The van der Waals surface area contributed by atoms with Crippen molar-refractivity contribution >= 4 is 53.0 Å². The van der Waals surface area contributed by atoms with E-state index < -0.39 is 17.5 Å². The minimum atomic E-state index is -0.595. The second-order valence-corrected chi connectivity index (χ2v) is 16.9. The van der Waals surface area contributed by atoms with Crippen molar-refractivity contribution < 1.29 is 32.6 Å². The summed E-state index contributed by atoms with van der Waals surface area (Å²) < 4.78 is 39.2. The number of halogens is 3. The van der Waals surface area contributed by atoms with Gasteiger partial charge >= 0.3 is 0 Å². The predicted octanol–water partition coefficient (Wildman–Crippen LogP) is 9.21. The molecule has 0 unspecified atom stereocenters. The number of benzene rings is 2. The molecule has 2 aromatic carbocycles. The van der Waals surface area contributed by atoms with E-state index in [-0.39, 0.29) is 58.9 Å². The third kappa shape index (κ3) is 13.5. The van der Waals surface area contributed by atoms with Gasteiger partial charge in [-0.2, -0.15) is 0 Å². The fourth-order valence-electron chi connectivity index (χ4n) is 7.02. The third-order valence-corrected chi connectivity index (χ3v) is 12.2. The van der Waals surface area contributed by atoms with Gasteiger partial charge in [0.05, 0.1) is 12.4 Å². The van der Waals surface area contributed by atoms with E-state index in [9.17, 15) is 23.2 Å². The van der Waals surface area contributed by atoms with Crippen molar-refractivity contribution in [3.05, 3.63) is 95.8 Å². The van der Waals surface area contributed by atoms with Crippen LogP contribution in [0.15, 0.2) is 82.8 Å². The Hall–Kier alpha value is -4.44. The van der Waals surface area contributed by atoms with Gasteiger partial charge in [-0.15, -0.1) is 23.5 Å². The molecule has 3 saturated carbocycles. The van der Waals surface area contributed by atoms with Crippen LogP contribution in [0, 0.1) is 17.6 Å². The van der Waals surface area contributed by atoms with Crippen molar-refractivity contribution in [3.63, 3.8) is 0 Å². The van der Waals surface area contributed by atoms with Gasteiger partial charge in [-0.1, -0.05) is 12.1 Å². The zero-order chi connectivity index (χ0) is 41.7. The van der Waals surface area contributed by atoms with E-state index in [1.54, 1.807) is 35.7 Å². The van der Waals surface area contributed by atoms with E-state index in [2.05, 4.69) is 30.8 Å². The lowest BCUT2D eigenvalue weighted by molar-refractivity contribution is -0.122. The van der Waals surface area contributed by atoms with Crippen LogP contribution in [0.4, 0.5) is 8.78 Å². The van der Waals surface area contributed by atoms with Gasteiger partial charge in [0.1, 0.15) is 34.3 Å². The summed E-state index contributed by atoms with van der Waals surface area (Å²) >= 11 is 8.81. The van der Waals surface area contributed by atoms with E-state index in [4.69, 9.17) is 21.3 Å². The molecule has 2 heterocycles. The highest BCUT2D eigenvalue weighted by atomic mass is 35.5. The van der Waals surface area contributed by atoms with Crippen molar-refractivity contribution in [1.29, 1.82) is 0 Å². The number of pyridine rings is 2. The molecule has 11 nitrogen and oxygen atoms in total. The summed E-state index contributed by atoms with van der Waals surface area (Å²) in [5.41, 5.74) is 0.154. The fourth-order valence-corrected chi connectivity index (χ4v) is 8.14. The number of carbonyl (C=O) groups excluding carboxylic acids is 3. The summed E-state index contributed by atoms with van der Waals surface area (Å²) in [5.74, 6) is -0.0247. The van der Waals surface area contributed by atoms with Crippen LogP contribution >= 0.6 is 35.3 Å². The van der Waals surface area contributed by atoms with Crippen molar-refractivity contribution in [3.8, 4) is 23.3 Å². The Morgan fingerprint density at radius 3 is 1.47 bits per heavy atom. The van der Waals surface area contributed by atoms with Crippen LogP contribution in [-0.4, -0.2) is 64.4 Å². The van der Waals surface area contributed by atoms with Gasteiger partial charge in [-0.25, -0.2) is 23.6 Å². The highest BCUT2D eigenvalue weighted by molar-refractivity contribution is 7.98. The molecule has 0 radical (unpaired) electrons. The Labute approximate surface area is 357 Å². The van der Waals surface area contributed by atoms with Crippen LogP contribution in [0.2, 0.25) is 0 Å². The van der Waals surface area contributed by atoms with Crippen molar-refractivity contribution in [2.24, 2.45) is 5.92 Å². The van der Waals surface area contributed by atoms with E-state index in [1.165, 1.54) is 0 Å². The Morgan fingerprint density at radius 2 is 1.07 bits per heavy atom. The summed E-state index contributed by atoms with van der Waals surface area (Å²) in [6.45, 7) is 0. The SMILES string of the molecule is CSc1cccc(Oc2ncc(F)cc2C(=O)NC2CCC(NC(=O)CC3CC3)CC2)c1.CSc1cccc(Oc2ncc(F)cc2C(=O)NC2CCC(NCl)CC2)c1. The number of rotatable bonds is 14.